The normalized spacial score (nSPS) is 27.7. The number of sulfone groups is 1. The molecule has 0 radical (unpaired) electrons. The Kier molecular flexibility index (Phi) is 6.27. The van der Waals surface area contributed by atoms with Crippen molar-refractivity contribution in [3.63, 3.8) is 0 Å². The SMILES string of the molecule is CCC(C)C1CNC(C(C)C)CN1CCS(C)(=O)=O. The fraction of sp³-hybridized carbons (Fsp3) is 1.00. The summed E-state index contributed by atoms with van der Waals surface area (Å²) in [7, 11) is -2.88. The fourth-order valence-corrected chi connectivity index (χ4v) is 3.24. The van der Waals surface area contributed by atoms with Crippen LogP contribution in [0.4, 0.5) is 0 Å². The lowest BCUT2D eigenvalue weighted by atomic mass is 9.92. The number of rotatable bonds is 6. The van der Waals surface area contributed by atoms with Crippen LogP contribution < -0.4 is 5.32 Å². The summed E-state index contributed by atoms with van der Waals surface area (Å²) in [5, 5.41) is 3.62. The van der Waals surface area contributed by atoms with E-state index < -0.39 is 9.84 Å². The lowest BCUT2D eigenvalue weighted by Crippen LogP contribution is -2.60. The first-order valence-corrected chi connectivity index (χ1v) is 9.45. The van der Waals surface area contributed by atoms with Crippen LogP contribution in [0.5, 0.6) is 0 Å². The highest BCUT2D eigenvalue weighted by Crippen LogP contribution is 2.20. The van der Waals surface area contributed by atoms with Crippen molar-refractivity contribution in [2.45, 2.75) is 46.2 Å². The lowest BCUT2D eigenvalue weighted by molar-refractivity contribution is 0.0849. The summed E-state index contributed by atoms with van der Waals surface area (Å²) in [6.07, 6.45) is 2.46. The molecule has 5 heteroatoms. The number of hydrogen-bond donors (Lipinski definition) is 1. The molecule has 0 aliphatic carbocycles. The zero-order valence-electron chi connectivity index (χ0n) is 13.0. The van der Waals surface area contributed by atoms with Gasteiger partial charge in [-0.3, -0.25) is 4.90 Å². The van der Waals surface area contributed by atoms with Gasteiger partial charge in [0.05, 0.1) is 5.75 Å². The standard InChI is InChI=1S/C14H30N2O2S/c1-6-12(4)14-9-15-13(11(2)3)10-16(14)7-8-19(5,17)18/h11-15H,6-10H2,1-5H3. The minimum absolute atomic E-state index is 0.269. The molecule has 1 heterocycles. The average Bonchev–Trinajstić information content (AvgIpc) is 2.34. The Morgan fingerprint density at radius 1 is 1.32 bits per heavy atom. The first-order valence-electron chi connectivity index (χ1n) is 7.39. The Morgan fingerprint density at radius 2 is 1.95 bits per heavy atom. The number of hydrogen-bond acceptors (Lipinski definition) is 4. The summed E-state index contributed by atoms with van der Waals surface area (Å²) in [6.45, 7) is 11.5. The van der Waals surface area contributed by atoms with E-state index in [0.29, 0.717) is 30.5 Å². The van der Waals surface area contributed by atoms with Crippen molar-refractivity contribution >= 4 is 9.84 Å². The van der Waals surface area contributed by atoms with Crippen LogP contribution in [-0.2, 0) is 9.84 Å². The summed E-state index contributed by atoms with van der Waals surface area (Å²) in [4.78, 5) is 2.39. The van der Waals surface area contributed by atoms with Gasteiger partial charge in [-0.15, -0.1) is 0 Å². The van der Waals surface area contributed by atoms with E-state index in [0.717, 1.165) is 19.5 Å². The van der Waals surface area contributed by atoms with Gasteiger partial charge in [-0.05, 0) is 11.8 Å². The number of nitrogens with zero attached hydrogens (tertiary/aromatic N) is 1. The van der Waals surface area contributed by atoms with Crippen LogP contribution in [0.2, 0.25) is 0 Å². The monoisotopic (exact) mass is 290 g/mol. The maximum Gasteiger partial charge on any atom is 0.148 e. The third-order valence-corrected chi connectivity index (χ3v) is 5.27. The molecule has 0 bridgehead atoms. The maximum atomic E-state index is 11.4. The summed E-state index contributed by atoms with van der Waals surface area (Å²) < 4.78 is 22.8. The molecule has 1 fully saturated rings. The molecule has 1 aliphatic heterocycles. The summed E-state index contributed by atoms with van der Waals surface area (Å²) in [6, 6.07) is 0.932. The molecule has 0 aromatic rings. The van der Waals surface area contributed by atoms with E-state index in [-0.39, 0.29) is 5.75 Å². The van der Waals surface area contributed by atoms with Crippen molar-refractivity contribution in [1.82, 2.24) is 10.2 Å². The molecule has 0 aromatic carbocycles. The first kappa shape index (κ1) is 16.9. The Labute approximate surface area is 118 Å². The molecule has 114 valence electrons. The van der Waals surface area contributed by atoms with E-state index in [1.54, 1.807) is 0 Å². The molecule has 1 rings (SSSR count). The topological polar surface area (TPSA) is 49.4 Å². The van der Waals surface area contributed by atoms with Crippen LogP contribution in [-0.4, -0.2) is 57.0 Å². The Bertz CT molecular complexity index is 368. The van der Waals surface area contributed by atoms with Crippen LogP contribution in [0.3, 0.4) is 0 Å². The van der Waals surface area contributed by atoms with E-state index in [1.165, 1.54) is 6.26 Å². The average molecular weight is 290 g/mol. The lowest BCUT2D eigenvalue weighted by Gasteiger charge is -2.44. The van der Waals surface area contributed by atoms with Gasteiger partial charge in [0, 0.05) is 38.0 Å². The Morgan fingerprint density at radius 3 is 2.42 bits per heavy atom. The second-order valence-corrected chi connectivity index (χ2v) is 8.60. The van der Waals surface area contributed by atoms with Crippen LogP contribution in [0.1, 0.15) is 34.1 Å². The zero-order chi connectivity index (χ0) is 14.6. The molecule has 1 N–H and O–H groups in total. The predicted molar refractivity (Wildman–Crippen MR) is 81.2 cm³/mol. The van der Waals surface area contributed by atoms with E-state index >= 15 is 0 Å². The van der Waals surface area contributed by atoms with Crippen LogP contribution in [0.15, 0.2) is 0 Å². The predicted octanol–water partition coefficient (Wildman–Crippen LogP) is 1.38. The van der Waals surface area contributed by atoms with Gasteiger partial charge in [0.1, 0.15) is 9.84 Å². The van der Waals surface area contributed by atoms with Crippen molar-refractivity contribution in [3.8, 4) is 0 Å². The van der Waals surface area contributed by atoms with Gasteiger partial charge >= 0.3 is 0 Å². The van der Waals surface area contributed by atoms with Crippen LogP contribution in [0.25, 0.3) is 0 Å². The van der Waals surface area contributed by atoms with Crippen molar-refractivity contribution in [1.29, 1.82) is 0 Å². The highest BCUT2D eigenvalue weighted by Gasteiger charge is 2.32. The van der Waals surface area contributed by atoms with Crippen molar-refractivity contribution in [2.75, 3.05) is 31.6 Å². The second kappa shape index (κ2) is 7.04. The second-order valence-electron chi connectivity index (χ2n) is 6.34. The quantitative estimate of drug-likeness (QED) is 0.803. The van der Waals surface area contributed by atoms with Gasteiger partial charge < -0.3 is 5.32 Å². The molecule has 3 atom stereocenters. The van der Waals surface area contributed by atoms with Crippen molar-refractivity contribution in [2.24, 2.45) is 11.8 Å². The fourth-order valence-electron chi connectivity index (χ4n) is 2.67. The molecule has 0 saturated carbocycles. The van der Waals surface area contributed by atoms with Gasteiger partial charge in [-0.1, -0.05) is 34.1 Å². The third-order valence-electron chi connectivity index (χ3n) is 4.34. The molecule has 0 aromatic heterocycles. The van der Waals surface area contributed by atoms with E-state index in [4.69, 9.17) is 0 Å². The van der Waals surface area contributed by atoms with Gasteiger partial charge in [0.15, 0.2) is 0 Å². The van der Waals surface area contributed by atoms with Gasteiger partial charge in [-0.25, -0.2) is 8.42 Å². The van der Waals surface area contributed by atoms with Crippen molar-refractivity contribution < 1.29 is 8.42 Å². The summed E-state index contributed by atoms with van der Waals surface area (Å²) in [5.74, 6) is 1.45. The van der Waals surface area contributed by atoms with E-state index in [1.807, 2.05) is 0 Å². The smallest absolute Gasteiger partial charge is 0.148 e. The molecule has 3 unspecified atom stereocenters. The molecular formula is C14H30N2O2S. The van der Waals surface area contributed by atoms with Crippen LogP contribution in [0, 0.1) is 11.8 Å². The van der Waals surface area contributed by atoms with Gasteiger partial charge in [0.2, 0.25) is 0 Å². The molecule has 1 saturated heterocycles. The van der Waals surface area contributed by atoms with Crippen molar-refractivity contribution in [3.05, 3.63) is 0 Å². The van der Waals surface area contributed by atoms with Gasteiger partial charge in [-0.2, -0.15) is 0 Å². The van der Waals surface area contributed by atoms with E-state index in [9.17, 15) is 8.42 Å². The Hall–Kier alpha value is -0.130. The highest BCUT2D eigenvalue weighted by molar-refractivity contribution is 7.90. The number of nitrogens with one attached hydrogen (secondary N) is 1. The molecule has 0 amide bonds. The molecular weight excluding hydrogens is 260 g/mol. The van der Waals surface area contributed by atoms with Crippen LogP contribution >= 0.6 is 0 Å². The first-order chi connectivity index (χ1) is 8.74. The molecule has 19 heavy (non-hydrogen) atoms. The molecule has 1 aliphatic rings. The third kappa shape index (κ3) is 5.40. The van der Waals surface area contributed by atoms with E-state index in [2.05, 4.69) is 37.9 Å². The largest absolute Gasteiger partial charge is 0.311 e. The summed E-state index contributed by atoms with van der Waals surface area (Å²) >= 11 is 0. The zero-order valence-corrected chi connectivity index (χ0v) is 13.8. The molecule has 0 spiro atoms. The summed E-state index contributed by atoms with van der Waals surface area (Å²) in [5.41, 5.74) is 0. The van der Waals surface area contributed by atoms with Gasteiger partial charge in [0.25, 0.3) is 0 Å². The molecule has 4 nitrogen and oxygen atoms in total. The minimum atomic E-state index is -2.88. The minimum Gasteiger partial charge on any atom is -0.311 e. The maximum absolute atomic E-state index is 11.4. The Balaban J connectivity index is 2.70. The highest BCUT2D eigenvalue weighted by atomic mass is 32.2. The number of piperazine rings is 1.